The Balaban J connectivity index is 1.89. The van der Waals surface area contributed by atoms with Crippen LogP contribution in [-0.2, 0) is 21.2 Å². The topological polar surface area (TPSA) is 66.5 Å². The third kappa shape index (κ3) is 6.78. The highest BCUT2D eigenvalue weighted by molar-refractivity contribution is 7.88. The van der Waals surface area contributed by atoms with Gasteiger partial charge in [0.2, 0.25) is 15.9 Å². The lowest BCUT2D eigenvalue weighted by molar-refractivity contribution is -0.116. The second kappa shape index (κ2) is 9.16. The maximum Gasteiger partial charge on any atom is 0.225 e. The summed E-state index contributed by atoms with van der Waals surface area (Å²) in [4.78, 5) is 12.1. The Hall–Kier alpha value is -1.89. The molecular weight excluding hydrogens is 372 g/mol. The van der Waals surface area contributed by atoms with Gasteiger partial charge in [-0.3, -0.25) is 4.79 Å². The predicted molar refractivity (Wildman–Crippen MR) is 106 cm³/mol. The Morgan fingerprint density at radius 2 is 1.65 bits per heavy atom. The van der Waals surface area contributed by atoms with Gasteiger partial charge in [0, 0.05) is 30.2 Å². The summed E-state index contributed by atoms with van der Waals surface area (Å²) < 4.78 is 25.3. The number of halogens is 1. The number of nitrogens with one attached hydrogen (secondary N) is 1. The third-order valence-electron chi connectivity index (χ3n) is 3.96. The molecule has 0 heterocycles. The average molecular weight is 395 g/mol. The molecule has 0 radical (unpaired) electrons. The van der Waals surface area contributed by atoms with E-state index in [0.29, 0.717) is 23.7 Å². The van der Waals surface area contributed by atoms with Gasteiger partial charge in [0.15, 0.2) is 0 Å². The van der Waals surface area contributed by atoms with E-state index in [1.54, 1.807) is 12.1 Å². The number of nitrogens with zero attached hydrogens (tertiary/aromatic N) is 1. The zero-order chi connectivity index (χ0) is 19.2. The van der Waals surface area contributed by atoms with E-state index in [1.165, 1.54) is 4.31 Å². The van der Waals surface area contributed by atoms with Crippen molar-refractivity contribution < 1.29 is 13.2 Å². The van der Waals surface area contributed by atoms with Gasteiger partial charge in [0.05, 0.1) is 6.26 Å². The van der Waals surface area contributed by atoms with Gasteiger partial charge in [-0.2, -0.15) is 0 Å². The van der Waals surface area contributed by atoms with Gasteiger partial charge >= 0.3 is 0 Å². The van der Waals surface area contributed by atoms with Gasteiger partial charge in [0.1, 0.15) is 0 Å². The van der Waals surface area contributed by atoms with Crippen LogP contribution in [0.2, 0.25) is 5.02 Å². The second-order valence-corrected chi connectivity index (χ2v) is 8.62. The molecule has 7 heteroatoms. The number of anilines is 1. The molecule has 2 rings (SSSR count). The van der Waals surface area contributed by atoms with E-state index >= 15 is 0 Å². The van der Waals surface area contributed by atoms with E-state index in [4.69, 9.17) is 11.6 Å². The van der Waals surface area contributed by atoms with Crippen LogP contribution in [0.3, 0.4) is 0 Å². The molecule has 0 aliphatic rings. The van der Waals surface area contributed by atoms with Gasteiger partial charge in [-0.05, 0) is 43.2 Å². The van der Waals surface area contributed by atoms with Crippen molar-refractivity contribution in [3.05, 3.63) is 64.7 Å². The molecule has 2 aromatic carbocycles. The summed E-state index contributed by atoms with van der Waals surface area (Å²) in [6.45, 7) is 2.43. The van der Waals surface area contributed by atoms with Crippen molar-refractivity contribution in [2.75, 3.05) is 24.7 Å². The first kappa shape index (κ1) is 20.4. The number of carbonyl (C=O) groups is 1. The summed E-state index contributed by atoms with van der Waals surface area (Å²) in [6, 6.07) is 14.7. The maximum atomic E-state index is 12.1. The number of aryl methyl sites for hydroxylation is 1. The first-order chi connectivity index (χ1) is 12.2. The minimum atomic E-state index is -3.39. The summed E-state index contributed by atoms with van der Waals surface area (Å²) in [5, 5.41) is 3.42. The molecule has 140 valence electrons. The molecule has 0 atom stereocenters. The van der Waals surface area contributed by atoms with Crippen molar-refractivity contribution in [2.45, 2.75) is 19.8 Å². The fourth-order valence-electron chi connectivity index (χ4n) is 2.43. The molecule has 0 aromatic heterocycles. The van der Waals surface area contributed by atoms with Gasteiger partial charge in [-0.1, -0.05) is 41.4 Å². The van der Waals surface area contributed by atoms with E-state index in [1.807, 2.05) is 43.3 Å². The molecule has 26 heavy (non-hydrogen) atoms. The van der Waals surface area contributed by atoms with Crippen molar-refractivity contribution in [1.82, 2.24) is 4.31 Å². The fourth-order valence-corrected chi connectivity index (χ4v) is 3.41. The number of carbonyl (C=O) groups excluding carboxylic acids is 1. The lowest BCUT2D eigenvalue weighted by Gasteiger charge is -2.19. The Morgan fingerprint density at radius 1 is 1.04 bits per heavy atom. The molecule has 5 nitrogen and oxygen atoms in total. The predicted octanol–water partition coefficient (Wildman–Crippen LogP) is 3.48. The Morgan fingerprint density at radius 3 is 2.23 bits per heavy atom. The smallest absolute Gasteiger partial charge is 0.225 e. The molecule has 0 aliphatic heterocycles. The molecule has 0 saturated heterocycles. The minimum absolute atomic E-state index is 0.0988. The fraction of sp³-hybridized carbons (Fsp3) is 0.316. The molecule has 0 bridgehead atoms. The molecular formula is C19H23ClN2O3S. The summed E-state index contributed by atoms with van der Waals surface area (Å²) in [6.07, 6.45) is 1.82. The van der Waals surface area contributed by atoms with Crippen molar-refractivity contribution in [1.29, 1.82) is 0 Å². The summed E-state index contributed by atoms with van der Waals surface area (Å²) in [5.41, 5.74) is 2.80. The number of rotatable bonds is 8. The lowest BCUT2D eigenvalue weighted by atomic mass is 10.1. The highest BCUT2D eigenvalue weighted by atomic mass is 35.5. The van der Waals surface area contributed by atoms with E-state index in [2.05, 4.69) is 5.32 Å². The number of hydrogen-bond acceptors (Lipinski definition) is 3. The quantitative estimate of drug-likeness (QED) is 0.745. The van der Waals surface area contributed by atoms with Crippen LogP contribution in [0, 0.1) is 6.92 Å². The highest BCUT2D eigenvalue weighted by Gasteiger charge is 2.17. The van der Waals surface area contributed by atoms with Crippen molar-refractivity contribution in [3.8, 4) is 0 Å². The maximum absolute atomic E-state index is 12.1. The Kier molecular flexibility index (Phi) is 7.20. The molecule has 1 amide bonds. The number of hydrogen-bond donors (Lipinski definition) is 1. The molecule has 0 unspecified atom stereocenters. The zero-order valence-corrected chi connectivity index (χ0v) is 16.5. The number of benzene rings is 2. The van der Waals surface area contributed by atoms with Crippen LogP contribution in [0.15, 0.2) is 48.5 Å². The summed E-state index contributed by atoms with van der Waals surface area (Å²) >= 11 is 5.86. The van der Waals surface area contributed by atoms with E-state index in [9.17, 15) is 13.2 Å². The van der Waals surface area contributed by atoms with Crippen molar-refractivity contribution in [3.63, 3.8) is 0 Å². The van der Waals surface area contributed by atoms with Crippen LogP contribution in [0.5, 0.6) is 0 Å². The average Bonchev–Trinajstić information content (AvgIpc) is 2.57. The van der Waals surface area contributed by atoms with Crippen LogP contribution in [0.1, 0.15) is 17.5 Å². The Labute approximate surface area is 160 Å². The normalized spacial score (nSPS) is 11.5. The van der Waals surface area contributed by atoms with Gasteiger partial charge < -0.3 is 5.32 Å². The largest absolute Gasteiger partial charge is 0.326 e. The van der Waals surface area contributed by atoms with Crippen molar-refractivity contribution >= 4 is 33.2 Å². The molecule has 0 spiro atoms. The number of amides is 1. The van der Waals surface area contributed by atoms with Crippen LogP contribution in [0.25, 0.3) is 0 Å². The molecule has 2 aromatic rings. The van der Waals surface area contributed by atoms with Crippen LogP contribution in [-0.4, -0.2) is 38.0 Å². The van der Waals surface area contributed by atoms with Crippen molar-refractivity contribution in [2.24, 2.45) is 0 Å². The molecule has 0 fully saturated rings. The monoisotopic (exact) mass is 394 g/mol. The van der Waals surface area contributed by atoms with Gasteiger partial charge in [-0.25, -0.2) is 12.7 Å². The minimum Gasteiger partial charge on any atom is -0.326 e. The SMILES string of the molecule is Cc1ccc(NC(=O)CCN(CCc2ccc(Cl)cc2)S(C)(=O)=O)cc1. The van der Waals surface area contributed by atoms with Gasteiger partial charge in [0.25, 0.3) is 0 Å². The molecule has 1 N–H and O–H groups in total. The first-order valence-electron chi connectivity index (χ1n) is 8.30. The third-order valence-corrected chi connectivity index (χ3v) is 5.51. The number of sulfonamides is 1. The summed E-state index contributed by atoms with van der Waals surface area (Å²) in [7, 11) is -3.39. The van der Waals surface area contributed by atoms with E-state index < -0.39 is 10.0 Å². The standard InChI is InChI=1S/C19H23ClN2O3S/c1-15-3-9-18(10-4-15)21-19(23)12-14-22(26(2,24)25)13-11-16-5-7-17(20)8-6-16/h3-10H,11-14H2,1-2H3,(H,21,23). The molecule has 0 aliphatic carbocycles. The van der Waals surface area contributed by atoms with Crippen LogP contribution >= 0.6 is 11.6 Å². The molecule has 0 saturated carbocycles. The van der Waals surface area contributed by atoms with E-state index in [-0.39, 0.29) is 18.9 Å². The summed E-state index contributed by atoms with van der Waals surface area (Å²) in [5.74, 6) is -0.214. The first-order valence-corrected chi connectivity index (χ1v) is 10.5. The lowest BCUT2D eigenvalue weighted by Crippen LogP contribution is -2.34. The van der Waals surface area contributed by atoms with Gasteiger partial charge in [-0.15, -0.1) is 0 Å². The Bertz CT molecular complexity index is 834. The second-order valence-electron chi connectivity index (χ2n) is 6.20. The van der Waals surface area contributed by atoms with E-state index in [0.717, 1.165) is 17.4 Å². The van der Waals surface area contributed by atoms with Crippen LogP contribution in [0.4, 0.5) is 5.69 Å². The van der Waals surface area contributed by atoms with Crippen LogP contribution < -0.4 is 5.32 Å². The zero-order valence-electron chi connectivity index (χ0n) is 14.9. The highest BCUT2D eigenvalue weighted by Crippen LogP contribution is 2.12.